The van der Waals surface area contributed by atoms with Crippen molar-refractivity contribution in [1.82, 2.24) is 20.9 Å². The van der Waals surface area contributed by atoms with E-state index in [0.717, 1.165) is 22.0 Å². The first-order valence-corrected chi connectivity index (χ1v) is 14.4. The maximum atomic E-state index is 13.7. The van der Waals surface area contributed by atoms with Crippen LogP contribution in [0.5, 0.6) is 5.75 Å². The van der Waals surface area contributed by atoms with E-state index in [0.29, 0.717) is 19.4 Å². The lowest BCUT2D eigenvalue weighted by molar-refractivity contribution is -0.143. The summed E-state index contributed by atoms with van der Waals surface area (Å²) < 4.78 is 0. The van der Waals surface area contributed by atoms with Gasteiger partial charge in [-0.05, 0) is 67.5 Å². The fraction of sp³-hybridized carbons (Fsp3) is 0.419. The second-order valence-corrected chi connectivity index (χ2v) is 11.0. The number of amides is 3. The molecule has 0 aliphatic rings. The molecule has 0 radical (unpaired) electrons. The Kier molecular flexibility index (Phi) is 12.1. The number of phenols is 1. The molecular weight excluding hydrogens is 552 g/mol. The molecule has 43 heavy (non-hydrogen) atoms. The summed E-state index contributed by atoms with van der Waals surface area (Å²) in [4.78, 5) is 55.0. The van der Waals surface area contributed by atoms with Crippen molar-refractivity contribution in [3.8, 4) is 5.75 Å². The van der Waals surface area contributed by atoms with Crippen molar-refractivity contribution in [3.63, 3.8) is 0 Å². The lowest BCUT2D eigenvalue weighted by Crippen LogP contribution is -2.58. The van der Waals surface area contributed by atoms with E-state index >= 15 is 0 Å². The van der Waals surface area contributed by atoms with Gasteiger partial charge in [-0.3, -0.25) is 14.4 Å². The third-order valence-electron chi connectivity index (χ3n) is 7.27. The number of benzene rings is 2. The maximum absolute atomic E-state index is 13.7. The second-order valence-electron chi connectivity index (χ2n) is 11.0. The van der Waals surface area contributed by atoms with Crippen LogP contribution in [0.25, 0.3) is 10.9 Å². The zero-order valence-electron chi connectivity index (χ0n) is 24.5. The van der Waals surface area contributed by atoms with Crippen molar-refractivity contribution in [3.05, 3.63) is 65.9 Å². The maximum Gasteiger partial charge on any atom is 0.326 e. The molecular formula is C31H42N6O6. The summed E-state index contributed by atoms with van der Waals surface area (Å²) >= 11 is 0. The first-order valence-electron chi connectivity index (χ1n) is 14.4. The molecule has 0 bridgehead atoms. The third-order valence-corrected chi connectivity index (χ3v) is 7.27. The van der Waals surface area contributed by atoms with Gasteiger partial charge in [-0.1, -0.05) is 44.2 Å². The molecule has 3 amide bonds. The largest absolute Gasteiger partial charge is 0.508 e. The zero-order valence-corrected chi connectivity index (χ0v) is 24.5. The normalized spacial score (nSPS) is 14.1. The number of H-pyrrole nitrogens is 1. The van der Waals surface area contributed by atoms with Crippen molar-refractivity contribution in [1.29, 1.82) is 0 Å². The summed E-state index contributed by atoms with van der Waals surface area (Å²) in [5.74, 6) is -3.28. The van der Waals surface area contributed by atoms with Crippen LogP contribution < -0.4 is 27.4 Å². The number of carboxylic acid groups (broad SMARTS) is 1. The van der Waals surface area contributed by atoms with Crippen LogP contribution in [0.2, 0.25) is 0 Å². The van der Waals surface area contributed by atoms with Crippen LogP contribution in [0.15, 0.2) is 54.7 Å². The molecule has 4 atom stereocenters. The molecule has 0 saturated heterocycles. The summed E-state index contributed by atoms with van der Waals surface area (Å²) in [6, 6.07) is 9.57. The Balaban J connectivity index is 1.83. The number of carbonyl (C=O) groups is 4. The number of aliphatic carboxylic acids is 1. The monoisotopic (exact) mass is 594 g/mol. The number of aromatic nitrogens is 1. The molecule has 3 aromatic rings. The molecule has 0 aliphatic heterocycles. The fourth-order valence-electron chi connectivity index (χ4n) is 4.79. The number of unbranched alkanes of at least 4 members (excludes halogenated alkanes) is 1. The van der Waals surface area contributed by atoms with Crippen molar-refractivity contribution in [2.24, 2.45) is 17.4 Å². The predicted molar refractivity (Wildman–Crippen MR) is 163 cm³/mol. The molecule has 1 heterocycles. The minimum Gasteiger partial charge on any atom is -0.508 e. The number of nitrogens with two attached hydrogens (primary N) is 2. The van der Waals surface area contributed by atoms with E-state index in [1.54, 1.807) is 32.2 Å². The van der Waals surface area contributed by atoms with Gasteiger partial charge >= 0.3 is 5.97 Å². The number of aromatic amines is 1. The molecule has 3 rings (SSSR count). The van der Waals surface area contributed by atoms with Gasteiger partial charge in [-0.2, -0.15) is 0 Å². The van der Waals surface area contributed by atoms with Gasteiger partial charge in [0.2, 0.25) is 17.7 Å². The number of carboxylic acids is 1. The van der Waals surface area contributed by atoms with Crippen LogP contribution in [0.3, 0.4) is 0 Å². The van der Waals surface area contributed by atoms with Crippen LogP contribution >= 0.6 is 0 Å². The Morgan fingerprint density at radius 1 is 0.860 bits per heavy atom. The van der Waals surface area contributed by atoms with Crippen LogP contribution in [-0.2, 0) is 32.0 Å². The Bertz CT molecular complexity index is 1390. The average molecular weight is 595 g/mol. The molecule has 10 N–H and O–H groups in total. The van der Waals surface area contributed by atoms with Gasteiger partial charge in [0, 0.05) is 23.5 Å². The molecule has 0 aliphatic carbocycles. The predicted octanol–water partition coefficient (Wildman–Crippen LogP) is 1.31. The summed E-state index contributed by atoms with van der Waals surface area (Å²) in [5, 5.41) is 28.0. The number of aromatic hydroxyl groups is 1. The molecule has 4 unspecified atom stereocenters. The molecule has 12 nitrogen and oxygen atoms in total. The third kappa shape index (κ3) is 9.55. The average Bonchev–Trinajstić information content (AvgIpc) is 3.38. The minimum atomic E-state index is -1.18. The van der Waals surface area contributed by atoms with Crippen molar-refractivity contribution in [2.75, 3.05) is 6.54 Å². The quantitative estimate of drug-likeness (QED) is 0.113. The summed E-state index contributed by atoms with van der Waals surface area (Å²) in [7, 11) is 0. The van der Waals surface area contributed by atoms with Gasteiger partial charge < -0.3 is 42.6 Å². The number of hydrogen-bond acceptors (Lipinski definition) is 7. The molecule has 0 fully saturated rings. The summed E-state index contributed by atoms with van der Waals surface area (Å²) in [6.45, 7) is 3.74. The van der Waals surface area contributed by atoms with E-state index < -0.39 is 47.9 Å². The highest BCUT2D eigenvalue weighted by Gasteiger charge is 2.31. The number of para-hydroxylation sites is 1. The Morgan fingerprint density at radius 3 is 2.16 bits per heavy atom. The van der Waals surface area contributed by atoms with E-state index in [1.165, 1.54) is 12.1 Å². The summed E-state index contributed by atoms with van der Waals surface area (Å²) in [6.07, 6.45) is 3.39. The van der Waals surface area contributed by atoms with Crippen LogP contribution in [-0.4, -0.2) is 69.6 Å². The highest BCUT2D eigenvalue weighted by atomic mass is 16.4. The zero-order chi connectivity index (χ0) is 31.5. The lowest BCUT2D eigenvalue weighted by Gasteiger charge is -2.26. The molecule has 232 valence electrons. The number of nitrogens with one attached hydrogen (secondary N) is 4. The van der Waals surface area contributed by atoms with Gasteiger partial charge in [0.1, 0.15) is 23.9 Å². The SMILES string of the molecule is CC(C)C(NC(=O)C(CCCCN)NC(=O)C(Cc1c[nH]c2ccccc12)NC(=O)C(N)Cc1ccc(O)cc1)C(=O)O. The topological polar surface area (TPSA) is 213 Å². The first-order chi connectivity index (χ1) is 20.5. The van der Waals surface area contributed by atoms with Crippen LogP contribution in [0.1, 0.15) is 44.2 Å². The van der Waals surface area contributed by atoms with E-state index in [1.807, 2.05) is 24.3 Å². The van der Waals surface area contributed by atoms with Crippen molar-refractivity contribution in [2.45, 2.75) is 70.1 Å². The van der Waals surface area contributed by atoms with Gasteiger partial charge in [0.15, 0.2) is 0 Å². The van der Waals surface area contributed by atoms with Gasteiger partial charge in [0.05, 0.1) is 6.04 Å². The van der Waals surface area contributed by atoms with Gasteiger partial charge in [-0.15, -0.1) is 0 Å². The van der Waals surface area contributed by atoms with Gasteiger partial charge in [0.25, 0.3) is 0 Å². The van der Waals surface area contributed by atoms with E-state index in [4.69, 9.17) is 11.5 Å². The second kappa shape index (κ2) is 15.7. The smallest absolute Gasteiger partial charge is 0.326 e. The van der Waals surface area contributed by atoms with Crippen molar-refractivity contribution < 1.29 is 29.4 Å². The molecule has 12 heteroatoms. The van der Waals surface area contributed by atoms with E-state index in [9.17, 15) is 29.4 Å². The molecule has 2 aromatic carbocycles. The first kappa shape index (κ1) is 33.1. The molecule has 0 spiro atoms. The Labute approximate surface area is 250 Å². The Morgan fingerprint density at radius 2 is 1.51 bits per heavy atom. The van der Waals surface area contributed by atoms with E-state index in [-0.39, 0.29) is 30.9 Å². The lowest BCUT2D eigenvalue weighted by atomic mass is 10.0. The van der Waals surface area contributed by atoms with Gasteiger partial charge in [-0.25, -0.2) is 4.79 Å². The molecule has 1 aromatic heterocycles. The fourth-order valence-corrected chi connectivity index (χ4v) is 4.79. The summed E-state index contributed by atoms with van der Waals surface area (Å²) in [5.41, 5.74) is 14.2. The number of fused-ring (bicyclic) bond motifs is 1. The number of hydrogen-bond donors (Lipinski definition) is 8. The number of phenolic OH excluding ortho intramolecular Hbond substituents is 1. The van der Waals surface area contributed by atoms with E-state index in [2.05, 4.69) is 20.9 Å². The van der Waals surface area contributed by atoms with Crippen LogP contribution in [0, 0.1) is 5.92 Å². The number of rotatable bonds is 16. The standard InChI is InChI=1S/C31H42N6O6/c1-18(2)27(31(42)43)37-29(40)25(9-5-6-14-32)35-30(41)26(16-20-17-34-24-8-4-3-7-22(20)24)36-28(39)23(33)15-19-10-12-21(38)13-11-19/h3-4,7-8,10-13,17-18,23,25-27,34,38H,5-6,9,14-16,32-33H2,1-2H3,(H,35,41)(H,36,39)(H,37,40)(H,42,43). The molecule has 0 saturated carbocycles. The minimum absolute atomic E-state index is 0.0883. The Hall–Kier alpha value is -4.42. The number of carbonyl (C=O) groups excluding carboxylic acids is 3. The highest BCUT2D eigenvalue weighted by Crippen LogP contribution is 2.20. The van der Waals surface area contributed by atoms with Crippen LogP contribution in [0.4, 0.5) is 0 Å². The van der Waals surface area contributed by atoms with Crippen molar-refractivity contribution >= 4 is 34.6 Å². The highest BCUT2D eigenvalue weighted by molar-refractivity contribution is 5.95.